The summed E-state index contributed by atoms with van der Waals surface area (Å²) in [5, 5.41) is 6.93. The van der Waals surface area contributed by atoms with Crippen LogP contribution in [0.2, 0.25) is 0 Å². The first-order chi connectivity index (χ1) is 13.7. The zero-order chi connectivity index (χ0) is 20.1. The summed E-state index contributed by atoms with van der Waals surface area (Å²) < 4.78 is 16.2. The molecule has 1 fully saturated rings. The molecular formula is C22H37N3O3. The van der Waals surface area contributed by atoms with Crippen LogP contribution in [-0.2, 0) is 27.4 Å². The zero-order valence-corrected chi connectivity index (χ0v) is 17.8. The average molecular weight is 392 g/mol. The molecule has 0 radical (unpaired) electrons. The topological polar surface area (TPSA) is 64.1 Å². The van der Waals surface area contributed by atoms with Gasteiger partial charge in [-0.25, -0.2) is 0 Å². The van der Waals surface area contributed by atoms with Crippen molar-refractivity contribution >= 4 is 5.96 Å². The Morgan fingerprint density at radius 1 is 1.11 bits per heavy atom. The van der Waals surface area contributed by atoms with Crippen molar-refractivity contribution in [3.63, 3.8) is 0 Å². The molecule has 1 saturated carbocycles. The van der Waals surface area contributed by atoms with Crippen LogP contribution in [0.3, 0.4) is 0 Å². The second-order valence-electron chi connectivity index (χ2n) is 7.45. The number of guanidine groups is 1. The van der Waals surface area contributed by atoms with Crippen molar-refractivity contribution in [1.29, 1.82) is 0 Å². The number of aliphatic imine (C=N–C) groups is 1. The lowest BCUT2D eigenvalue weighted by Crippen LogP contribution is -2.46. The highest BCUT2D eigenvalue weighted by atomic mass is 16.5. The van der Waals surface area contributed by atoms with Gasteiger partial charge in [0.25, 0.3) is 0 Å². The Kier molecular flexibility index (Phi) is 10.3. The fourth-order valence-electron chi connectivity index (χ4n) is 3.47. The Bertz CT molecular complexity index is 588. The van der Waals surface area contributed by atoms with Gasteiger partial charge in [-0.15, -0.1) is 0 Å². The molecular weight excluding hydrogens is 354 g/mol. The second kappa shape index (κ2) is 12.8. The van der Waals surface area contributed by atoms with Gasteiger partial charge in [0.2, 0.25) is 0 Å². The minimum absolute atomic E-state index is 0.367. The standard InChI is InChI=1S/C22H37N3O3/c1-4-27-13-14-28-17-20-8-5-7-19(15-20)16-24-21(23-2)25-18-22(9-6-10-22)11-12-26-3/h5,7-8,15H,4,6,9-14,16-18H2,1-3H3,(H2,23,24,25). The lowest BCUT2D eigenvalue weighted by Gasteiger charge is -2.42. The quantitative estimate of drug-likeness (QED) is 0.307. The summed E-state index contributed by atoms with van der Waals surface area (Å²) in [6.07, 6.45) is 4.97. The molecule has 1 aromatic rings. The first kappa shape index (κ1) is 22.7. The van der Waals surface area contributed by atoms with Crippen LogP contribution in [0.5, 0.6) is 0 Å². The van der Waals surface area contributed by atoms with Gasteiger partial charge in [-0.1, -0.05) is 30.7 Å². The van der Waals surface area contributed by atoms with E-state index in [1.165, 1.54) is 30.4 Å². The van der Waals surface area contributed by atoms with E-state index >= 15 is 0 Å². The van der Waals surface area contributed by atoms with E-state index in [0.717, 1.165) is 38.7 Å². The molecule has 0 saturated heterocycles. The molecule has 0 amide bonds. The van der Waals surface area contributed by atoms with Crippen LogP contribution in [0, 0.1) is 5.41 Å². The molecule has 28 heavy (non-hydrogen) atoms. The minimum Gasteiger partial charge on any atom is -0.385 e. The minimum atomic E-state index is 0.367. The molecule has 158 valence electrons. The molecule has 0 bridgehead atoms. The van der Waals surface area contributed by atoms with E-state index in [0.29, 0.717) is 25.2 Å². The maximum atomic E-state index is 5.66. The third-order valence-electron chi connectivity index (χ3n) is 5.40. The van der Waals surface area contributed by atoms with Crippen molar-refractivity contribution in [3.8, 4) is 0 Å². The molecule has 0 aliphatic heterocycles. The Hall–Kier alpha value is -1.63. The highest BCUT2D eigenvalue weighted by molar-refractivity contribution is 5.79. The number of rotatable bonds is 13. The van der Waals surface area contributed by atoms with Crippen LogP contribution >= 0.6 is 0 Å². The van der Waals surface area contributed by atoms with E-state index in [1.54, 1.807) is 7.11 Å². The predicted molar refractivity (Wildman–Crippen MR) is 114 cm³/mol. The van der Waals surface area contributed by atoms with Gasteiger partial charge in [-0.05, 0) is 42.7 Å². The first-order valence-electron chi connectivity index (χ1n) is 10.4. The Morgan fingerprint density at radius 3 is 2.57 bits per heavy atom. The number of ether oxygens (including phenoxy) is 3. The second-order valence-corrected chi connectivity index (χ2v) is 7.45. The third-order valence-corrected chi connectivity index (χ3v) is 5.40. The van der Waals surface area contributed by atoms with Gasteiger partial charge in [-0.3, -0.25) is 4.99 Å². The van der Waals surface area contributed by atoms with Gasteiger partial charge in [0.1, 0.15) is 0 Å². The molecule has 1 aromatic carbocycles. The first-order valence-corrected chi connectivity index (χ1v) is 10.4. The number of hydrogen-bond donors (Lipinski definition) is 2. The van der Waals surface area contributed by atoms with Gasteiger partial charge in [0, 0.05) is 40.5 Å². The fraction of sp³-hybridized carbons (Fsp3) is 0.682. The van der Waals surface area contributed by atoms with Crippen LogP contribution in [0.4, 0.5) is 0 Å². The van der Waals surface area contributed by atoms with E-state index in [2.05, 4.69) is 39.9 Å². The molecule has 0 atom stereocenters. The van der Waals surface area contributed by atoms with Gasteiger partial charge >= 0.3 is 0 Å². The maximum Gasteiger partial charge on any atom is 0.191 e. The van der Waals surface area contributed by atoms with Crippen LogP contribution in [-0.4, -0.2) is 53.1 Å². The smallest absolute Gasteiger partial charge is 0.191 e. The summed E-state index contributed by atoms with van der Waals surface area (Å²) in [5.41, 5.74) is 2.75. The van der Waals surface area contributed by atoms with Gasteiger partial charge in [-0.2, -0.15) is 0 Å². The van der Waals surface area contributed by atoms with Crippen molar-refractivity contribution in [3.05, 3.63) is 35.4 Å². The SMILES string of the molecule is CCOCCOCc1cccc(CNC(=NC)NCC2(CCOC)CCC2)c1. The predicted octanol–water partition coefficient (Wildman–Crippen LogP) is 3.11. The van der Waals surface area contributed by atoms with E-state index in [1.807, 2.05) is 14.0 Å². The average Bonchev–Trinajstić information content (AvgIpc) is 2.69. The van der Waals surface area contributed by atoms with Crippen LogP contribution in [0.15, 0.2) is 29.3 Å². The largest absolute Gasteiger partial charge is 0.385 e. The van der Waals surface area contributed by atoms with Crippen molar-refractivity contribution in [2.75, 3.05) is 47.1 Å². The van der Waals surface area contributed by atoms with Gasteiger partial charge < -0.3 is 24.8 Å². The van der Waals surface area contributed by atoms with Crippen molar-refractivity contribution < 1.29 is 14.2 Å². The third kappa shape index (κ3) is 7.78. The Balaban J connectivity index is 1.74. The molecule has 6 nitrogen and oxygen atoms in total. The maximum absolute atomic E-state index is 5.66. The highest BCUT2D eigenvalue weighted by Crippen LogP contribution is 2.43. The normalized spacial score (nSPS) is 15.9. The van der Waals surface area contributed by atoms with Gasteiger partial charge in [0.05, 0.1) is 19.8 Å². The molecule has 1 aliphatic carbocycles. The molecule has 0 heterocycles. The van der Waals surface area contributed by atoms with Crippen LogP contribution < -0.4 is 10.6 Å². The van der Waals surface area contributed by atoms with Crippen molar-refractivity contribution in [2.24, 2.45) is 10.4 Å². The van der Waals surface area contributed by atoms with Gasteiger partial charge in [0.15, 0.2) is 5.96 Å². The summed E-state index contributed by atoms with van der Waals surface area (Å²) >= 11 is 0. The number of nitrogens with one attached hydrogen (secondary N) is 2. The van der Waals surface area contributed by atoms with E-state index in [9.17, 15) is 0 Å². The van der Waals surface area contributed by atoms with Crippen LogP contribution in [0.1, 0.15) is 43.7 Å². The molecule has 1 aliphatic rings. The number of nitrogens with zero attached hydrogens (tertiary/aromatic N) is 1. The zero-order valence-electron chi connectivity index (χ0n) is 17.8. The highest BCUT2D eigenvalue weighted by Gasteiger charge is 2.36. The monoisotopic (exact) mass is 391 g/mol. The Morgan fingerprint density at radius 2 is 1.89 bits per heavy atom. The lowest BCUT2D eigenvalue weighted by molar-refractivity contribution is 0.0453. The summed E-state index contributed by atoms with van der Waals surface area (Å²) in [7, 11) is 3.60. The lowest BCUT2D eigenvalue weighted by atomic mass is 9.67. The van der Waals surface area contributed by atoms with E-state index < -0.39 is 0 Å². The van der Waals surface area contributed by atoms with Crippen molar-refractivity contribution in [1.82, 2.24) is 10.6 Å². The number of methoxy groups -OCH3 is 1. The molecule has 2 rings (SSSR count). The molecule has 0 aromatic heterocycles. The fourth-order valence-corrected chi connectivity index (χ4v) is 3.47. The van der Waals surface area contributed by atoms with E-state index in [4.69, 9.17) is 14.2 Å². The molecule has 0 spiro atoms. The summed E-state index contributed by atoms with van der Waals surface area (Å²) in [5.74, 6) is 0.849. The number of hydrogen-bond acceptors (Lipinski definition) is 4. The molecule has 0 unspecified atom stereocenters. The molecule has 2 N–H and O–H groups in total. The summed E-state index contributed by atoms with van der Waals surface area (Å²) in [6, 6.07) is 8.46. The van der Waals surface area contributed by atoms with E-state index in [-0.39, 0.29) is 0 Å². The van der Waals surface area contributed by atoms with Crippen molar-refractivity contribution in [2.45, 2.75) is 45.8 Å². The Labute approximate surface area is 170 Å². The summed E-state index contributed by atoms with van der Waals surface area (Å²) in [4.78, 5) is 4.37. The molecule has 6 heteroatoms. The number of benzene rings is 1. The summed E-state index contributed by atoms with van der Waals surface area (Å²) in [6.45, 7) is 7.10. The van der Waals surface area contributed by atoms with Crippen LogP contribution in [0.25, 0.3) is 0 Å².